The highest BCUT2D eigenvalue weighted by atomic mass is 79.9. The van der Waals surface area contributed by atoms with Gasteiger partial charge in [0.15, 0.2) is 0 Å². The molecule has 72 heavy (non-hydrogen) atoms. The molecule has 1 fully saturated rings. The highest BCUT2D eigenvalue weighted by Gasteiger charge is 2.43. The Balaban J connectivity index is 0.900. The molecule has 3 unspecified atom stereocenters. The number of rotatable bonds is 18. The van der Waals surface area contributed by atoms with Crippen LogP contribution in [0.2, 0.25) is 0 Å². The van der Waals surface area contributed by atoms with E-state index in [1.807, 2.05) is 244 Å². The summed E-state index contributed by atoms with van der Waals surface area (Å²) in [5.74, 6) is 3.81. The van der Waals surface area contributed by atoms with Crippen LogP contribution in [0.25, 0.3) is 0 Å². The molecule has 1 aliphatic heterocycles. The van der Waals surface area contributed by atoms with E-state index in [-0.39, 0.29) is 0 Å². The first kappa shape index (κ1) is 48.4. The second-order valence-electron chi connectivity index (χ2n) is 16.8. The number of ether oxygens (including phenoxy) is 6. The maximum absolute atomic E-state index is 6.63. The first-order chi connectivity index (χ1) is 35.3. The van der Waals surface area contributed by atoms with Gasteiger partial charge in [-0.05, 0) is 120 Å². The molecule has 1 heterocycles. The zero-order valence-electron chi connectivity index (χ0n) is 38.9. The van der Waals surface area contributed by atoms with Gasteiger partial charge in [0, 0.05) is 25.6 Å². The Labute approximate surface area is 437 Å². The van der Waals surface area contributed by atoms with E-state index in [0.29, 0.717) is 34.5 Å². The smallest absolute Gasteiger partial charge is 0.451 e. The Morgan fingerprint density at radius 2 is 0.514 bits per heavy atom. The van der Waals surface area contributed by atoms with Crippen LogP contribution in [0.5, 0.6) is 34.5 Å². The van der Waals surface area contributed by atoms with Crippen LogP contribution < -0.4 is 44.8 Å². The summed E-state index contributed by atoms with van der Waals surface area (Å²) in [4.78, 5) is 0. The highest BCUT2D eigenvalue weighted by Crippen LogP contribution is 2.30. The Hall–Kier alpha value is -7.19. The normalized spacial score (nSPS) is 13.6. The van der Waals surface area contributed by atoms with E-state index in [4.69, 9.17) is 42.1 Å². The van der Waals surface area contributed by atoms with Gasteiger partial charge >= 0.3 is 21.4 Å². The van der Waals surface area contributed by atoms with E-state index < -0.39 is 40.2 Å². The topological polar surface area (TPSA) is 83.1 Å². The second kappa shape index (κ2) is 23.4. The number of halogens is 2. The molecule has 1 saturated heterocycles. The van der Waals surface area contributed by atoms with Crippen LogP contribution in [0.1, 0.15) is 41.1 Å². The predicted octanol–water partition coefficient (Wildman–Crippen LogP) is 12.5. The lowest BCUT2D eigenvalue weighted by Crippen LogP contribution is -2.61. The van der Waals surface area contributed by atoms with Crippen molar-refractivity contribution in [1.82, 2.24) is 0 Å². The van der Waals surface area contributed by atoms with Crippen molar-refractivity contribution in [1.29, 1.82) is 0 Å². The minimum absolute atomic E-state index is 0.592. The third-order valence-electron chi connectivity index (χ3n) is 11.5. The zero-order valence-corrected chi connectivity index (χ0v) is 42.1. The van der Waals surface area contributed by atoms with Crippen molar-refractivity contribution < 1.29 is 42.1 Å². The summed E-state index contributed by atoms with van der Waals surface area (Å²) in [5, 5.41) is 0. The molecular formula is C58H45B3Br2O9. The number of aryl methyl sites for hydroxylation is 1. The van der Waals surface area contributed by atoms with Gasteiger partial charge in [0.25, 0.3) is 18.9 Å². The van der Waals surface area contributed by atoms with E-state index in [1.165, 1.54) is 0 Å². The molecule has 9 aromatic rings. The molecule has 14 heteroatoms. The SMILES string of the molecule is Cc1ccc(OC(Oc2ccc(B3OB(c4ccc(OC(Oc5ccc(Br)cc5)c5ccccc5)cc4)OB(c4ccc(OC(Oc5ccc(Br)cc5)c5ccccc5)cc4)O3)cc2)c2ccccc2)cc1. The van der Waals surface area contributed by atoms with Gasteiger partial charge in [0.1, 0.15) is 34.5 Å². The second-order valence-corrected chi connectivity index (χ2v) is 18.6. The van der Waals surface area contributed by atoms with Crippen LogP contribution >= 0.6 is 31.9 Å². The van der Waals surface area contributed by atoms with Gasteiger partial charge in [-0.25, -0.2) is 0 Å². The van der Waals surface area contributed by atoms with E-state index in [1.54, 1.807) is 0 Å². The van der Waals surface area contributed by atoms with Gasteiger partial charge < -0.3 is 42.1 Å². The molecule has 1 aliphatic rings. The van der Waals surface area contributed by atoms with Crippen molar-refractivity contribution in [3.63, 3.8) is 0 Å². The van der Waals surface area contributed by atoms with Crippen LogP contribution in [0, 0.1) is 6.92 Å². The quantitative estimate of drug-likeness (QED) is 0.0616. The summed E-state index contributed by atoms with van der Waals surface area (Å²) in [6.45, 7) is 2.04. The predicted molar refractivity (Wildman–Crippen MR) is 290 cm³/mol. The number of hydrogen-bond donors (Lipinski definition) is 0. The molecular weight excluding hydrogens is 1030 g/mol. The first-order valence-corrected chi connectivity index (χ1v) is 24.9. The Morgan fingerprint density at radius 1 is 0.292 bits per heavy atom. The average molecular weight is 1080 g/mol. The summed E-state index contributed by atoms with van der Waals surface area (Å²) in [7, 11) is -2.52. The maximum Gasteiger partial charge on any atom is 0.467 e. The molecule has 9 nitrogen and oxygen atoms in total. The van der Waals surface area contributed by atoms with Gasteiger partial charge in [0.2, 0.25) is 0 Å². The van der Waals surface area contributed by atoms with Crippen LogP contribution in [-0.2, 0) is 13.7 Å². The Bertz CT molecular complexity index is 2750. The third-order valence-corrected chi connectivity index (χ3v) is 12.6. The van der Waals surface area contributed by atoms with Crippen molar-refractivity contribution >= 4 is 69.6 Å². The van der Waals surface area contributed by atoms with Crippen LogP contribution in [0.15, 0.2) is 246 Å². The molecule has 9 aromatic carbocycles. The van der Waals surface area contributed by atoms with Crippen LogP contribution in [0.3, 0.4) is 0 Å². The van der Waals surface area contributed by atoms with Gasteiger partial charge in [-0.1, -0.05) is 177 Å². The van der Waals surface area contributed by atoms with Crippen LogP contribution in [-0.4, -0.2) is 21.4 Å². The molecule has 0 amide bonds. The minimum Gasteiger partial charge on any atom is -0.451 e. The number of benzene rings is 9. The van der Waals surface area contributed by atoms with Gasteiger partial charge in [0.05, 0.1) is 0 Å². The van der Waals surface area contributed by atoms with Crippen molar-refractivity contribution in [3.8, 4) is 34.5 Å². The average Bonchev–Trinajstić information content (AvgIpc) is 3.43. The molecule has 0 spiro atoms. The molecule has 3 atom stereocenters. The molecule has 0 aromatic heterocycles. The lowest BCUT2D eigenvalue weighted by atomic mass is 9.61. The summed E-state index contributed by atoms with van der Waals surface area (Å²) in [5.41, 5.74) is 5.99. The zero-order chi connectivity index (χ0) is 49.1. The first-order valence-electron chi connectivity index (χ1n) is 23.3. The molecule has 10 rings (SSSR count). The highest BCUT2D eigenvalue weighted by molar-refractivity contribution is 9.10. The third kappa shape index (κ3) is 12.8. The molecule has 0 bridgehead atoms. The van der Waals surface area contributed by atoms with Gasteiger partial charge in [-0.3, -0.25) is 0 Å². The fourth-order valence-corrected chi connectivity index (χ4v) is 8.24. The van der Waals surface area contributed by atoms with E-state index in [9.17, 15) is 0 Å². The molecule has 0 N–H and O–H groups in total. The largest absolute Gasteiger partial charge is 0.467 e. The molecule has 0 aliphatic carbocycles. The van der Waals surface area contributed by atoms with Crippen molar-refractivity contribution in [2.75, 3.05) is 0 Å². The summed E-state index contributed by atoms with van der Waals surface area (Å²) < 4.78 is 60.4. The van der Waals surface area contributed by atoms with Crippen molar-refractivity contribution in [2.45, 2.75) is 25.8 Å². The minimum atomic E-state index is -0.842. The van der Waals surface area contributed by atoms with E-state index in [2.05, 4.69) is 31.9 Å². The molecule has 0 saturated carbocycles. The molecule has 0 radical (unpaired) electrons. The summed E-state index contributed by atoms with van der Waals surface area (Å²) in [6.07, 6.45) is -2.13. The summed E-state index contributed by atoms with van der Waals surface area (Å²) >= 11 is 7.01. The standard InChI is InChI=1S/C58H45B3Br2O9/c1-41-17-29-50(30-18-41)64-56(42-11-5-2-6-12-42)65-51-31-19-45(20-32-51)59-70-60(46-21-33-52(34-22-46)66-57(43-13-7-3-8-14-43)68-54-37-25-48(62)26-38-54)72-61(71-59)47-23-35-53(36-24-47)67-58(44-15-9-4-10-16-44)69-55-39-27-49(63)28-40-55/h2-40,56-58H,1H3. The summed E-state index contributed by atoms with van der Waals surface area (Å²) in [6, 6.07) is 75.4. The lowest BCUT2D eigenvalue weighted by molar-refractivity contribution is 0.00354. The monoisotopic (exact) mass is 1080 g/mol. The lowest BCUT2D eigenvalue weighted by Gasteiger charge is -2.32. The Morgan fingerprint density at radius 3 is 0.764 bits per heavy atom. The van der Waals surface area contributed by atoms with Gasteiger partial charge in [-0.15, -0.1) is 0 Å². The molecule has 354 valence electrons. The van der Waals surface area contributed by atoms with Crippen LogP contribution in [0.4, 0.5) is 0 Å². The van der Waals surface area contributed by atoms with Crippen molar-refractivity contribution in [3.05, 3.63) is 268 Å². The number of hydrogen-bond acceptors (Lipinski definition) is 9. The Kier molecular flexibility index (Phi) is 15.7. The fourth-order valence-electron chi connectivity index (χ4n) is 7.71. The van der Waals surface area contributed by atoms with E-state index >= 15 is 0 Å². The van der Waals surface area contributed by atoms with E-state index in [0.717, 1.165) is 47.6 Å². The van der Waals surface area contributed by atoms with Gasteiger partial charge in [-0.2, -0.15) is 0 Å². The maximum atomic E-state index is 6.63. The fraction of sp³-hybridized carbons (Fsp3) is 0.0690. The van der Waals surface area contributed by atoms with Crippen molar-refractivity contribution in [2.24, 2.45) is 0 Å².